The highest BCUT2D eigenvalue weighted by Crippen LogP contribution is 2.08. The molecule has 0 fully saturated rings. The normalized spacial score (nSPS) is 13.0. The van der Waals surface area contributed by atoms with Crippen LogP contribution in [0, 0.1) is 0 Å². The highest BCUT2D eigenvalue weighted by molar-refractivity contribution is 7.99. The number of hydrazine groups is 1. The molecule has 0 saturated heterocycles. The van der Waals surface area contributed by atoms with E-state index in [1.165, 1.54) is 12.2 Å². The molecule has 0 aromatic rings. The molecule has 0 spiro atoms. The third-order valence-electron chi connectivity index (χ3n) is 1.43. The van der Waals surface area contributed by atoms with Crippen molar-refractivity contribution in [3.63, 3.8) is 0 Å². The van der Waals surface area contributed by atoms with Crippen LogP contribution in [0.3, 0.4) is 0 Å². The van der Waals surface area contributed by atoms with Crippen LogP contribution < -0.4 is 11.3 Å². The highest BCUT2D eigenvalue weighted by Gasteiger charge is 2.05. The van der Waals surface area contributed by atoms with Crippen molar-refractivity contribution in [2.45, 2.75) is 26.3 Å². The minimum atomic E-state index is 0.270. The SMILES string of the molecule is C=C(C)C(CSCCC)NN. The summed E-state index contributed by atoms with van der Waals surface area (Å²) in [5.74, 6) is 7.56. The standard InChI is InChI=1S/C8H18N2S/c1-4-5-11-6-8(10-9)7(2)3/h8,10H,2,4-6,9H2,1,3H3. The highest BCUT2D eigenvalue weighted by atomic mass is 32.2. The molecule has 0 aromatic carbocycles. The molecule has 1 atom stereocenters. The first kappa shape index (κ1) is 11.0. The molecular weight excluding hydrogens is 156 g/mol. The molecule has 3 N–H and O–H groups in total. The molecule has 0 aliphatic heterocycles. The van der Waals surface area contributed by atoms with Gasteiger partial charge in [-0.25, -0.2) is 0 Å². The Labute approximate surface area is 73.6 Å². The third-order valence-corrected chi connectivity index (χ3v) is 2.69. The quantitative estimate of drug-likeness (QED) is 0.278. The first-order valence-electron chi connectivity index (χ1n) is 3.91. The summed E-state index contributed by atoms with van der Waals surface area (Å²) in [6.07, 6.45) is 1.22. The molecule has 0 heterocycles. The molecule has 0 saturated carbocycles. The predicted molar refractivity (Wildman–Crippen MR) is 53.5 cm³/mol. The van der Waals surface area contributed by atoms with Gasteiger partial charge in [0.2, 0.25) is 0 Å². The van der Waals surface area contributed by atoms with Crippen molar-refractivity contribution in [3.05, 3.63) is 12.2 Å². The van der Waals surface area contributed by atoms with E-state index in [4.69, 9.17) is 5.84 Å². The fourth-order valence-corrected chi connectivity index (χ4v) is 1.75. The Bertz CT molecular complexity index is 115. The van der Waals surface area contributed by atoms with Gasteiger partial charge in [-0.15, -0.1) is 0 Å². The van der Waals surface area contributed by atoms with Gasteiger partial charge in [0.1, 0.15) is 0 Å². The lowest BCUT2D eigenvalue weighted by Gasteiger charge is -2.14. The molecule has 3 heteroatoms. The molecule has 1 unspecified atom stereocenters. The lowest BCUT2D eigenvalue weighted by Crippen LogP contribution is -2.37. The van der Waals surface area contributed by atoms with Crippen molar-refractivity contribution in [2.75, 3.05) is 11.5 Å². The number of rotatable bonds is 6. The van der Waals surface area contributed by atoms with E-state index in [0.717, 1.165) is 11.3 Å². The zero-order chi connectivity index (χ0) is 8.69. The molecule has 11 heavy (non-hydrogen) atoms. The molecule has 66 valence electrons. The van der Waals surface area contributed by atoms with Gasteiger partial charge in [-0.3, -0.25) is 11.3 Å². The molecule has 2 nitrogen and oxygen atoms in total. The van der Waals surface area contributed by atoms with E-state index in [1.54, 1.807) is 0 Å². The minimum absolute atomic E-state index is 0.270. The second-order valence-electron chi connectivity index (χ2n) is 2.64. The number of thioether (sulfide) groups is 1. The Morgan fingerprint density at radius 3 is 2.73 bits per heavy atom. The van der Waals surface area contributed by atoms with Gasteiger partial charge in [0, 0.05) is 5.75 Å². The van der Waals surface area contributed by atoms with E-state index in [9.17, 15) is 0 Å². The van der Waals surface area contributed by atoms with Crippen LogP contribution in [0.2, 0.25) is 0 Å². The third kappa shape index (κ3) is 5.30. The Hall–Kier alpha value is 0.01000. The summed E-state index contributed by atoms with van der Waals surface area (Å²) in [5.41, 5.74) is 3.85. The molecule has 0 aliphatic rings. The Kier molecular flexibility index (Phi) is 6.71. The summed E-state index contributed by atoms with van der Waals surface area (Å²) < 4.78 is 0. The van der Waals surface area contributed by atoms with E-state index in [0.29, 0.717) is 0 Å². The maximum Gasteiger partial charge on any atom is 0.0505 e. The molecule has 0 aromatic heterocycles. The fourth-order valence-electron chi connectivity index (χ4n) is 0.678. The van der Waals surface area contributed by atoms with Crippen LogP contribution >= 0.6 is 11.8 Å². The first-order chi connectivity index (χ1) is 5.22. The van der Waals surface area contributed by atoms with Crippen LogP contribution in [0.5, 0.6) is 0 Å². The van der Waals surface area contributed by atoms with Crippen LogP contribution in [-0.4, -0.2) is 17.5 Å². The summed E-state index contributed by atoms with van der Waals surface area (Å²) in [6.45, 7) is 8.03. The smallest absolute Gasteiger partial charge is 0.0505 e. The zero-order valence-electron chi connectivity index (χ0n) is 7.39. The first-order valence-corrected chi connectivity index (χ1v) is 5.07. The van der Waals surface area contributed by atoms with E-state index >= 15 is 0 Å². The molecule has 0 rings (SSSR count). The number of nitrogens with one attached hydrogen (secondary N) is 1. The van der Waals surface area contributed by atoms with Crippen molar-refractivity contribution >= 4 is 11.8 Å². The summed E-state index contributed by atoms with van der Waals surface area (Å²) in [4.78, 5) is 0. The van der Waals surface area contributed by atoms with Crippen molar-refractivity contribution in [1.82, 2.24) is 5.43 Å². The Morgan fingerprint density at radius 1 is 1.73 bits per heavy atom. The average molecular weight is 174 g/mol. The predicted octanol–water partition coefficient (Wildman–Crippen LogP) is 1.54. The number of hydrogen-bond donors (Lipinski definition) is 2. The molecule has 0 radical (unpaired) electrons. The van der Waals surface area contributed by atoms with Crippen LogP contribution in [0.25, 0.3) is 0 Å². The molecular formula is C8H18N2S. The van der Waals surface area contributed by atoms with Gasteiger partial charge in [-0.2, -0.15) is 11.8 Å². The Balaban J connectivity index is 3.44. The lowest BCUT2D eigenvalue weighted by molar-refractivity contribution is 0.649. The van der Waals surface area contributed by atoms with Gasteiger partial charge in [0.15, 0.2) is 0 Å². The average Bonchev–Trinajstić information content (AvgIpc) is 1.97. The summed E-state index contributed by atoms with van der Waals surface area (Å²) in [5, 5.41) is 0. The maximum absolute atomic E-state index is 5.33. The van der Waals surface area contributed by atoms with E-state index < -0.39 is 0 Å². The largest absolute Gasteiger partial charge is 0.271 e. The van der Waals surface area contributed by atoms with Crippen LogP contribution in [-0.2, 0) is 0 Å². The van der Waals surface area contributed by atoms with Gasteiger partial charge >= 0.3 is 0 Å². The molecule has 0 bridgehead atoms. The van der Waals surface area contributed by atoms with Crippen LogP contribution in [0.4, 0.5) is 0 Å². The fraction of sp³-hybridized carbons (Fsp3) is 0.750. The van der Waals surface area contributed by atoms with Crippen molar-refractivity contribution in [1.29, 1.82) is 0 Å². The lowest BCUT2D eigenvalue weighted by atomic mass is 10.2. The molecule has 0 aliphatic carbocycles. The second-order valence-corrected chi connectivity index (χ2v) is 3.79. The van der Waals surface area contributed by atoms with Gasteiger partial charge in [-0.1, -0.05) is 19.1 Å². The van der Waals surface area contributed by atoms with Gasteiger partial charge < -0.3 is 0 Å². The van der Waals surface area contributed by atoms with Gasteiger partial charge in [-0.05, 0) is 19.1 Å². The van der Waals surface area contributed by atoms with E-state index in [-0.39, 0.29) is 6.04 Å². The van der Waals surface area contributed by atoms with Gasteiger partial charge in [0.25, 0.3) is 0 Å². The number of hydrogen-bond acceptors (Lipinski definition) is 3. The maximum atomic E-state index is 5.33. The van der Waals surface area contributed by atoms with E-state index in [2.05, 4.69) is 18.9 Å². The van der Waals surface area contributed by atoms with Crippen molar-refractivity contribution < 1.29 is 0 Å². The van der Waals surface area contributed by atoms with Crippen LogP contribution in [0.1, 0.15) is 20.3 Å². The zero-order valence-corrected chi connectivity index (χ0v) is 8.21. The topological polar surface area (TPSA) is 38.0 Å². The summed E-state index contributed by atoms with van der Waals surface area (Å²) >= 11 is 1.91. The second kappa shape index (κ2) is 6.70. The Morgan fingerprint density at radius 2 is 2.36 bits per heavy atom. The summed E-state index contributed by atoms with van der Waals surface area (Å²) in [7, 11) is 0. The van der Waals surface area contributed by atoms with Gasteiger partial charge in [0.05, 0.1) is 6.04 Å². The summed E-state index contributed by atoms with van der Waals surface area (Å²) in [6, 6.07) is 0.270. The van der Waals surface area contributed by atoms with E-state index in [1.807, 2.05) is 18.7 Å². The van der Waals surface area contributed by atoms with Crippen molar-refractivity contribution in [3.8, 4) is 0 Å². The number of nitrogens with two attached hydrogens (primary N) is 1. The van der Waals surface area contributed by atoms with Crippen LogP contribution in [0.15, 0.2) is 12.2 Å². The van der Waals surface area contributed by atoms with Crippen molar-refractivity contribution in [2.24, 2.45) is 5.84 Å². The minimum Gasteiger partial charge on any atom is -0.271 e. The monoisotopic (exact) mass is 174 g/mol. The molecule has 0 amide bonds.